The molecule has 0 fully saturated rings. The van der Waals surface area contributed by atoms with E-state index in [-0.39, 0.29) is 4.88 Å². The molecule has 1 atom stereocenters. The molecule has 0 aromatic carbocycles. The van der Waals surface area contributed by atoms with Gasteiger partial charge in [0, 0.05) is 11.9 Å². The van der Waals surface area contributed by atoms with Gasteiger partial charge in [-0.3, -0.25) is 0 Å². The number of aliphatic hydroxyl groups is 1. The first-order valence-corrected chi connectivity index (χ1v) is 6.21. The molecule has 0 saturated carbocycles. The second-order valence-corrected chi connectivity index (χ2v) is 5.12. The summed E-state index contributed by atoms with van der Waals surface area (Å²) in [7, 11) is 0. The molecule has 0 aliphatic heterocycles. The lowest BCUT2D eigenvalue weighted by atomic mass is 10.4. The summed E-state index contributed by atoms with van der Waals surface area (Å²) in [6.45, 7) is 1.92. The molecule has 0 spiro atoms. The first kappa shape index (κ1) is 12.8. The Morgan fingerprint density at radius 3 is 2.73 bits per heavy atom. The van der Waals surface area contributed by atoms with E-state index in [1.54, 1.807) is 0 Å². The normalized spacial score (nSPS) is 14.2. The van der Waals surface area contributed by atoms with Gasteiger partial charge in [0.1, 0.15) is 0 Å². The highest BCUT2D eigenvalue weighted by Crippen LogP contribution is 2.34. The van der Waals surface area contributed by atoms with Crippen LogP contribution in [0.3, 0.4) is 0 Å². The van der Waals surface area contributed by atoms with Crippen LogP contribution in [0, 0.1) is 0 Å². The molecule has 0 aliphatic rings. The van der Waals surface area contributed by atoms with Crippen LogP contribution in [-0.2, 0) is 6.18 Å². The second-order valence-electron chi connectivity index (χ2n) is 2.74. The zero-order valence-electron chi connectivity index (χ0n) is 7.91. The van der Waals surface area contributed by atoms with Crippen molar-refractivity contribution < 1.29 is 18.3 Å². The molecule has 1 heterocycles. The number of thiazole rings is 1. The lowest BCUT2D eigenvalue weighted by molar-refractivity contribution is -0.137. The molecule has 2 nitrogen and oxygen atoms in total. The van der Waals surface area contributed by atoms with Gasteiger partial charge < -0.3 is 5.11 Å². The number of nitrogens with zero attached hydrogens (tertiary/aromatic N) is 1. The van der Waals surface area contributed by atoms with Gasteiger partial charge in [-0.2, -0.15) is 24.9 Å². The van der Waals surface area contributed by atoms with Gasteiger partial charge >= 0.3 is 6.18 Å². The van der Waals surface area contributed by atoms with E-state index in [2.05, 4.69) is 4.98 Å². The van der Waals surface area contributed by atoms with Crippen LogP contribution in [0.1, 0.15) is 22.9 Å². The van der Waals surface area contributed by atoms with Crippen LogP contribution >= 0.6 is 23.1 Å². The fraction of sp³-hybridized carbons (Fsp3) is 0.625. The van der Waals surface area contributed by atoms with Crippen molar-refractivity contribution >= 4 is 23.1 Å². The lowest BCUT2D eigenvalue weighted by Crippen LogP contribution is -2.03. The van der Waals surface area contributed by atoms with Crippen molar-refractivity contribution in [1.82, 2.24) is 4.98 Å². The average Bonchev–Trinajstić information content (AvgIpc) is 2.62. The van der Waals surface area contributed by atoms with Crippen molar-refractivity contribution in [2.24, 2.45) is 0 Å². The third-order valence-electron chi connectivity index (χ3n) is 1.57. The van der Waals surface area contributed by atoms with E-state index in [1.807, 2.05) is 6.92 Å². The van der Waals surface area contributed by atoms with Gasteiger partial charge in [-0.25, -0.2) is 4.98 Å². The molecular weight excluding hydrogens is 247 g/mol. The summed E-state index contributed by atoms with van der Waals surface area (Å²) in [5, 5.41) is 8.61. The minimum Gasteiger partial charge on any atom is -0.387 e. The maximum Gasteiger partial charge on any atom is 0.443 e. The Kier molecular flexibility index (Phi) is 4.42. The Hall–Kier alpha value is -0.270. The van der Waals surface area contributed by atoms with Crippen LogP contribution in [0.4, 0.5) is 13.2 Å². The van der Waals surface area contributed by atoms with Crippen molar-refractivity contribution in [1.29, 1.82) is 0 Å². The van der Waals surface area contributed by atoms with Crippen molar-refractivity contribution in [3.8, 4) is 0 Å². The maximum atomic E-state index is 12.2. The molecule has 0 radical (unpaired) electrons. The molecular formula is C8H10F3NOS2. The summed E-state index contributed by atoms with van der Waals surface area (Å²) in [5.74, 6) is 1.22. The van der Waals surface area contributed by atoms with Crippen LogP contribution in [0.5, 0.6) is 0 Å². The number of rotatable bonds is 4. The Bertz CT molecular complexity index is 313. The number of aromatic nitrogens is 1. The van der Waals surface area contributed by atoms with Gasteiger partial charge in [0.2, 0.25) is 0 Å². The Morgan fingerprint density at radius 1 is 1.60 bits per heavy atom. The smallest absolute Gasteiger partial charge is 0.387 e. The van der Waals surface area contributed by atoms with Crippen LogP contribution in [0.2, 0.25) is 0 Å². The predicted molar refractivity (Wildman–Crippen MR) is 55.1 cm³/mol. The molecule has 7 heteroatoms. The fourth-order valence-corrected chi connectivity index (χ4v) is 2.40. The standard InChI is InChI=1S/C8H10F3NOS2/c1-2-14-4-5(13)6-3-12-7(15-6)8(9,10)11/h3,5,13H,2,4H2,1H3. The van der Waals surface area contributed by atoms with Gasteiger partial charge in [0.25, 0.3) is 0 Å². The van der Waals surface area contributed by atoms with Crippen LogP contribution in [0.15, 0.2) is 6.20 Å². The largest absolute Gasteiger partial charge is 0.443 e. The summed E-state index contributed by atoms with van der Waals surface area (Å²) in [6.07, 6.45) is -4.18. The zero-order valence-corrected chi connectivity index (χ0v) is 9.55. The summed E-state index contributed by atoms with van der Waals surface area (Å²) in [6, 6.07) is 0. The number of hydrogen-bond acceptors (Lipinski definition) is 4. The van der Waals surface area contributed by atoms with Gasteiger partial charge in [-0.15, -0.1) is 11.3 Å². The Morgan fingerprint density at radius 2 is 2.27 bits per heavy atom. The van der Waals surface area contributed by atoms with Crippen LogP contribution in [-0.4, -0.2) is 21.6 Å². The lowest BCUT2D eigenvalue weighted by Gasteiger charge is -2.05. The maximum absolute atomic E-state index is 12.2. The minimum atomic E-state index is -4.42. The molecule has 1 unspecified atom stereocenters. The third-order valence-corrected chi connectivity index (χ3v) is 3.68. The highest BCUT2D eigenvalue weighted by atomic mass is 32.2. The van der Waals surface area contributed by atoms with Gasteiger partial charge in [0.05, 0.1) is 11.0 Å². The predicted octanol–water partition coefficient (Wildman–Crippen LogP) is 2.95. The highest BCUT2D eigenvalue weighted by molar-refractivity contribution is 7.99. The van der Waals surface area contributed by atoms with Crippen molar-refractivity contribution in [3.63, 3.8) is 0 Å². The molecule has 86 valence electrons. The third kappa shape index (κ3) is 3.66. The summed E-state index contributed by atoms with van der Waals surface area (Å²) in [5.41, 5.74) is 0. The SMILES string of the molecule is CCSCC(O)c1cnc(C(F)(F)F)s1. The number of halogens is 3. The summed E-state index contributed by atoms with van der Waals surface area (Å²) < 4.78 is 36.5. The van der Waals surface area contributed by atoms with E-state index >= 15 is 0 Å². The van der Waals surface area contributed by atoms with Crippen LogP contribution < -0.4 is 0 Å². The summed E-state index contributed by atoms with van der Waals surface area (Å²) in [4.78, 5) is 3.51. The topological polar surface area (TPSA) is 33.1 Å². The monoisotopic (exact) mass is 257 g/mol. The number of alkyl halides is 3. The number of thioether (sulfide) groups is 1. The van der Waals surface area contributed by atoms with E-state index in [0.717, 1.165) is 11.9 Å². The Balaban J connectivity index is 2.67. The minimum absolute atomic E-state index is 0.267. The van der Waals surface area contributed by atoms with E-state index in [1.165, 1.54) is 11.8 Å². The van der Waals surface area contributed by atoms with E-state index < -0.39 is 17.3 Å². The van der Waals surface area contributed by atoms with Crippen LogP contribution in [0.25, 0.3) is 0 Å². The average molecular weight is 257 g/mol. The first-order valence-electron chi connectivity index (χ1n) is 4.24. The molecule has 1 rings (SSSR count). The molecule has 1 N–H and O–H groups in total. The molecule has 1 aromatic rings. The fourth-order valence-electron chi connectivity index (χ4n) is 0.883. The van der Waals surface area contributed by atoms with Gasteiger partial charge in [-0.1, -0.05) is 6.92 Å². The van der Waals surface area contributed by atoms with E-state index in [0.29, 0.717) is 17.1 Å². The van der Waals surface area contributed by atoms with Crippen molar-refractivity contribution in [3.05, 3.63) is 16.1 Å². The zero-order chi connectivity index (χ0) is 11.5. The quantitative estimate of drug-likeness (QED) is 0.900. The highest BCUT2D eigenvalue weighted by Gasteiger charge is 2.35. The molecule has 1 aromatic heterocycles. The number of hydrogen-bond donors (Lipinski definition) is 1. The van der Waals surface area contributed by atoms with E-state index in [9.17, 15) is 18.3 Å². The molecule has 0 bridgehead atoms. The molecule has 15 heavy (non-hydrogen) atoms. The van der Waals surface area contributed by atoms with E-state index in [4.69, 9.17) is 0 Å². The molecule has 0 aliphatic carbocycles. The summed E-state index contributed by atoms with van der Waals surface area (Å²) >= 11 is 1.97. The first-order chi connectivity index (χ1) is 6.95. The second kappa shape index (κ2) is 5.18. The molecule has 0 saturated heterocycles. The van der Waals surface area contributed by atoms with Gasteiger partial charge in [0.15, 0.2) is 5.01 Å². The van der Waals surface area contributed by atoms with Gasteiger partial charge in [-0.05, 0) is 5.75 Å². The van der Waals surface area contributed by atoms with Crippen molar-refractivity contribution in [2.45, 2.75) is 19.2 Å². The Labute approximate surface area is 93.5 Å². The number of aliphatic hydroxyl groups excluding tert-OH is 1. The molecule has 0 amide bonds. The van der Waals surface area contributed by atoms with Crippen molar-refractivity contribution in [2.75, 3.05) is 11.5 Å².